The van der Waals surface area contributed by atoms with Gasteiger partial charge in [-0.3, -0.25) is 0 Å². The van der Waals surface area contributed by atoms with Crippen LogP contribution in [0.3, 0.4) is 0 Å². The van der Waals surface area contributed by atoms with Crippen molar-refractivity contribution in [2.75, 3.05) is 0 Å². The molecule has 0 bridgehead atoms. The molecule has 0 N–H and O–H groups in total. The first kappa shape index (κ1) is 34.3. The highest BCUT2D eigenvalue weighted by atomic mass is 32.1. The van der Waals surface area contributed by atoms with Crippen LogP contribution in [0, 0.1) is 0 Å². The van der Waals surface area contributed by atoms with Crippen molar-refractivity contribution in [2.45, 2.75) is 19.3 Å². The van der Waals surface area contributed by atoms with Crippen molar-refractivity contribution < 1.29 is 0 Å². The molecule has 12 rings (SSSR count). The molecule has 0 saturated carbocycles. The highest BCUT2D eigenvalue weighted by molar-refractivity contribution is 7.26. The second kappa shape index (κ2) is 13.1. The van der Waals surface area contributed by atoms with E-state index in [1.807, 2.05) is 40.9 Å². The quantitative estimate of drug-likeness (QED) is 0.174. The molecule has 3 aromatic heterocycles. The second-order valence-electron chi connectivity index (χ2n) is 16.0. The van der Waals surface area contributed by atoms with Gasteiger partial charge in [0, 0.05) is 62.4 Å². The summed E-state index contributed by atoms with van der Waals surface area (Å²) < 4.78 is 5.13. The predicted octanol–water partition coefficient (Wildman–Crippen LogP) is 15.2. The van der Waals surface area contributed by atoms with Crippen LogP contribution < -0.4 is 0 Å². The van der Waals surface area contributed by atoms with E-state index < -0.39 is 0 Å². The molecule has 1 aliphatic rings. The van der Waals surface area contributed by atoms with Crippen LogP contribution >= 0.6 is 22.7 Å². The van der Waals surface area contributed by atoms with Gasteiger partial charge in [-0.25, -0.2) is 15.0 Å². The van der Waals surface area contributed by atoms with Gasteiger partial charge < -0.3 is 0 Å². The molecule has 0 saturated heterocycles. The summed E-state index contributed by atoms with van der Waals surface area (Å²) in [6.07, 6.45) is 0. The summed E-state index contributed by atoms with van der Waals surface area (Å²) >= 11 is 3.71. The Balaban J connectivity index is 1.11. The fraction of sp³-hybridized carbons (Fsp3) is 0.0556. The highest BCUT2D eigenvalue weighted by Crippen LogP contribution is 2.50. The smallest absolute Gasteiger partial charge is 0.164 e. The molecule has 0 unspecified atom stereocenters. The Morgan fingerprint density at radius 1 is 0.339 bits per heavy atom. The van der Waals surface area contributed by atoms with Gasteiger partial charge in [-0.15, -0.1) is 22.7 Å². The SMILES string of the molecule is CC1(C)c2ccccc2-c2ccc(-c3nc(-c4ccccc4)nc(-c4cc(-c5cccc6c5sc5ccccc56)cc(-c5cccc6c5sc5ccccc56)c4)n3)cc21. The molecule has 0 fully saturated rings. The standard InChI is InChI=1S/C54H35N3S2/c1-54(2)45-23-9-6-16-39(45)40-27-26-33(31-46(40)54)52-55-51(32-14-4-3-5-15-32)56-53(57-52)36-29-34(37-19-12-21-43-41-17-7-10-24-47(41)58-49(37)43)28-35(30-36)38-20-13-22-44-42-18-8-11-25-48(42)59-50(38)44/h3-31H,1-2H3. The van der Waals surface area contributed by atoms with Crippen molar-refractivity contribution in [3.8, 4) is 67.5 Å². The fourth-order valence-electron chi connectivity index (χ4n) is 9.21. The van der Waals surface area contributed by atoms with Gasteiger partial charge in [0.1, 0.15) is 0 Å². The Bertz CT molecular complexity index is 3350. The molecule has 0 radical (unpaired) electrons. The van der Waals surface area contributed by atoms with E-state index in [4.69, 9.17) is 15.0 Å². The number of thiophene rings is 2. The van der Waals surface area contributed by atoms with Crippen LogP contribution in [0.25, 0.3) is 108 Å². The van der Waals surface area contributed by atoms with Crippen LogP contribution in [0.15, 0.2) is 176 Å². The van der Waals surface area contributed by atoms with Crippen LogP contribution in [0.4, 0.5) is 0 Å². The molecule has 3 heterocycles. The molecule has 59 heavy (non-hydrogen) atoms. The van der Waals surface area contributed by atoms with E-state index in [1.165, 1.54) is 73.7 Å². The lowest BCUT2D eigenvalue weighted by Gasteiger charge is -2.21. The average molecular weight is 790 g/mol. The maximum Gasteiger partial charge on any atom is 0.164 e. The minimum atomic E-state index is -0.148. The molecule has 5 heteroatoms. The van der Waals surface area contributed by atoms with Crippen molar-refractivity contribution in [1.29, 1.82) is 0 Å². The summed E-state index contributed by atoms with van der Waals surface area (Å²) in [6.45, 7) is 4.63. The minimum Gasteiger partial charge on any atom is -0.208 e. The van der Waals surface area contributed by atoms with Crippen molar-refractivity contribution in [3.63, 3.8) is 0 Å². The monoisotopic (exact) mass is 789 g/mol. The summed E-state index contributed by atoms with van der Waals surface area (Å²) in [5.41, 5.74) is 12.6. The normalized spacial score (nSPS) is 13.1. The van der Waals surface area contributed by atoms with Gasteiger partial charge in [-0.2, -0.15) is 0 Å². The van der Waals surface area contributed by atoms with E-state index in [0.717, 1.165) is 27.8 Å². The Kier molecular flexibility index (Phi) is 7.62. The molecule has 1 aliphatic carbocycles. The highest BCUT2D eigenvalue weighted by Gasteiger charge is 2.35. The van der Waals surface area contributed by atoms with Gasteiger partial charge in [0.15, 0.2) is 17.5 Å². The number of rotatable bonds is 5. The molecular weight excluding hydrogens is 755 g/mol. The number of fused-ring (bicyclic) bond motifs is 9. The first-order chi connectivity index (χ1) is 29.0. The Hall–Kier alpha value is -6.79. The Morgan fingerprint density at radius 2 is 0.814 bits per heavy atom. The summed E-state index contributed by atoms with van der Waals surface area (Å²) in [6, 6.07) is 63.6. The molecule has 0 amide bonds. The largest absolute Gasteiger partial charge is 0.208 e. The van der Waals surface area contributed by atoms with E-state index in [9.17, 15) is 0 Å². The van der Waals surface area contributed by atoms with Crippen molar-refractivity contribution in [3.05, 3.63) is 187 Å². The third-order valence-electron chi connectivity index (χ3n) is 12.1. The zero-order valence-electron chi connectivity index (χ0n) is 32.4. The molecule has 0 spiro atoms. The second-order valence-corrected chi connectivity index (χ2v) is 18.1. The van der Waals surface area contributed by atoms with E-state index in [0.29, 0.717) is 17.5 Å². The number of hydrogen-bond acceptors (Lipinski definition) is 5. The van der Waals surface area contributed by atoms with Crippen molar-refractivity contribution >= 4 is 63.0 Å². The third kappa shape index (κ3) is 5.42. The molecule has 3 nitrogen and oxygen atoms in total. The lowest BCUT2D eigenvalue weighted by atomic mass is 9.82. The average Bonchev–Trinajstić information content (AvgIpc) is 3.94. The fourth-order valence-corrected chi connectivity index (χ4v) is 11.7. The zero-order chi connectivity index (χ0) is 39.2. The summed E-state index contributed by atoms with van der Waals surface area (Å²) in [5.74, 6) is 1.96. The third-order valence-corrected chi connectivity index (χ3v) is 14.6. The van der Waals surface area contributed by atoms with Crippen LogP contribution in [0.1, 0.15) is 25.0 Å². The van der Waals surface area contributed by atoms with Gasteiger partial charge >= 0.3 is 0 Å². The number of hydrogen-bond donors (Lipinski definition) is 0. The Labute approximate surface area is 350 Å². The summed E-state index contributed by atoms with van der Waals surface area (Å²) in [5, 5.41) is 5.13. The lowest BCUT2D eigenvalue weighted by molar-refractivity contribution is 0.660. The first-order valence-corrected chi connectivity index (χ1v) is 21.6. The maximum absolute atomic E-state index is 5.37. The van der Waals surface area contributed by atoms with Crippen LogP contribution in [0.5, 0.6) is 0 Å². The van der Waals surface area contributed by atoms with Gasteiger partial charge in [-0.05, 0) is 80.9 Å². The van der Waals surface area contributed by atoms with Gasteiger partial charge in [0.2, 0.25) is 0 Å². The number of aromatic nitrogens is 3. The molecular formula is C54H35N3S2. The lowest BCUT2D eigenvalue weighted by Crippen LogP contribution is -2.15. The van der Waals surface area contributed by atoms with Gasteiger partial charge in [0.25, 0.3) is 0 Å². The zero-order valence-corrected chi connectivity index (χ0v) is 34.0. The summed E-state index contributed by atoms with van der Waals surface area (Å²) in [7, 11) is 0. The minimum absolute atomic E-state index is 0.148. The van der Waals surface area contributed by atoms with Crippen LogP contribution in [-0.4, -0.2) is 15.0 Å². The van der Waals surface area contributed by atoms with E-state index >= 15 is 0 Å². The topological polar surface area (TPSA) is 38.7 Å². The van der Waals surface area contributed by atoms with Gasteiger partial charge in [0.05, 0.1) is 0 Å². The summed E-state index contributed by atoms with van der Waals surface area (Å²) in [4.78, 5) is 15.8. The van der Waals surface area contributed by atoms with Crippen LogP contribution in [0.2, 0.25) is 0 Å². The number of nitrogens with zero attached hydrogens (tertiary/aromatic N) is 3. The van der Waals surface area contributed by atoms with Crippen LogP contribution in [-0.2, 0) is 5.41 Å². The van der Waals surface area contributed by atoms with Gasteiger partial charge in [-0.1, -0.05) is 153 Å². The molecule has 8 aromatic carbocycles. The Morgan fingerprint density at radius 3 is 1.46 bits per heavy atom. The van der Waals surface area contributed by atoms with Crippen molar-refractivity contribution in [1.82, 2.24) is 15.0 Å². The molecule has 0 aliphatic heterocycles. The maximum atomic E-state index is 5.37. The first-order valence-electron chi connectivity index (χ1n) is 20.0. The molecule has 11 aromatic rings. The predicted molar refractivity (Wildman–Crippen MR) is 250 cm³/mol. The van der Waals surface area contributed by atoms with Crippen molar-refractivity contribution in [2.24, 2.45) is 0 Å². The molecule has 278 valence electrons. The molecule has 0 atom stereocenters. The van der Waals surface area contributed by atoms with E-state index in [2.05, 4.69) is 172 Å². The number of benzene rings is 8. The van der Waals surface area contributed by atoms with E-state index in [1.54, 1.807) is 0 Å². The van der Waals surface area contributed by atoms with E-state index in [-0.39, 0.29) is 5.41 Å².